The van der Waals surface area contributed by atoms with Gasteiger partial charge in [-0.3, -0.25) is 14.3 Å². The summed E-state index contributed by atoms with van der Waals surface area (Å²) in [4.78, 5) is 24.9. The topological polar surface area (TPSA) is 92.7 Å². The summed E-state index contributed by atoms with van der Waals surface area (Å²) in [7, 11) is 1.77. The van der Waals surface area contributed by atoms with E-state index in [0.29, 0.717) is 24.2 Å². The highest BCUT2D eigenvalue weighted by molar-refractivity contribution is 6.04. The Bertz CT molecular complexity index is 827. The van der Waals surface area contributed by atoms with Crippen LogP contribution in [0.25, 0.3) is 0 Å². The van der Waals surface area contributed by atoms with Crippen LogP contribution in [0, 0.1) is 5.41 Å². The van der Waals surface area contributed by atoms with Gasteiger partial charge in [0.2, 0.25) is 0 Å². The fourth-order valence-electron chi connectivity index (χ4n) is 2.89. The predicted octanol–water partition coefficient (Wildman–Crippen LogP) is 2.47. The summed E-state index contributed by atoms with van der Waals surface area (Å²) in [5.41, 5.74) is 2.10. The fourth-order valence-corrected chi connectivity index (χ4v) is 2.89. The van der Waals surface area contributed by atoms with E-state index < -0.39 is 11.5 Å². The van der Waals surface area contributed by atoms with Gasteiger partial charge in [0.25, 0.3) is 11.5 Å². The molecule has 2 N–H and O–H groups in total. The number of hydrogen-bond acceptors (Lipinski definition) is 4. The quantitative estimate of drug-likeness (QED) is 0.870. The highest BCUT2D eigenvalue weighted by Gasteiger charge is 2.21. The van der Waals surface area contributed by atoms with E-state index in [1.807, 2.05) is 19.9 Å². The molecule has 0 aliphatic heterocycles. The molecule has 7 nitrogen and oxygen atoms in total. The van der Waals surface area contributed by atoms with E-state index in [9.17, 15) is 9.59 Å². The van der Waals surface area contributed by atoms with Crippen LogP contribution in [0.3, 0.4) is 0 Å². The maximum atomic E-state index is 12.7. The summed E-state index contributed by atoms with van der Waals surface area (Å²) in [5.74, 6) is 0.140. The standard InChI is InChI=1S/C18H27N5O2/c1-7-12-13(8-2)20-21-17(25)15(12)16(24)19-14-9-11(22-23(14)6)10-18(3,4)5/h9H,7-8,10H2,1-6H3,(H,19,24)(H,21,25). The monoisotopic (exact) mass is 345 g/mol. The smallest absolute Gasteiger partial charge is 0.277 e. The van der Waals surface area contributed by atoms with Gasteiger partial charge in [-0.1, -0.05) is 34.6 Å². The van der Waals surface area contributed by atoms with Gasteiger partial charge in [0, 0.05) is 13.1 Å². The third kappa shape index (κ3) is 4.35. The minimum atomic E-state index is -0.469. The van der Waals surface area contributed by atoms with Gasteiger partial charge in [0.15, 0.2) is 0 Å². The van der Waals surface area contributed by atoms with Crippen LogP contribution in [0.1, 0.15) is 61.9 Å². The number of nitrogens with zero attached hydrogens (tertiary/aromatic N) is 3. The number of aromatic amines is 1. The molecule has 25 heavy (non-hydrogen) atoms. The zero-order valence-electron chi connectivity index (χ0n) is 15.9. The van der Waals surface area contributed by atoms with Crippen LogP contribution < -0.4 is 10.9 Å². The Morgan fingerprint density at radius 1 is 1.28 bits per heavy atom. The molecule has 2 aromatic heterocycles. The van der Waals surface area contributed by atoms with E-state index in [1.54, 1.807) is 11.7 Å². The highest BCUT2D eigenvalue weighted by Crippen LogP contribution is 2.22. The van der Waals surface area contributed by atoms with Crippen LogP contribution in [0.5, 0.6) is 0 Å². The van der Waals surface area contributed by atoms with E-state index in [-0.39, 0.29) is 11.0 Å². The van der Waals surface area contributed by atoms with Gasteiger partial charge in [0.05, 0.1) is 11.4 Å². The zero-order valence-corrected chi connectivity index (χ0v) is 15.9. The number of H-pyrrole nitrogens is 1. The second kappa shape index (κ2) is 7.21. The van der Waals surface area contributed by atoms with Crippen molar-refractivity contribution >= 4 is 11.7 Å². The van der Waals surface area contributed by atoms with E-state index in [1.165, 1.54) is 0 Å². The third-order valence-corrected chi connectivity index (χ3v) is 3.97. The van der Waals surface area contributed by atoms with Gasteiger partial charge >= 0.3 is 0 Å². The van der Waals surface area contributed by atoms with Crippen molar-refractivity contribution in [1.29, 1.82) is 0 Å². The van der Waals surface area contributed by atoms with Gasteiger partial charge in [-0.25, -0.2) is 5.10 Å². The number of hydrogen-bond donors (Lipinski definition) is 2. The number of amides is 1. The molecule has 0 saturated heterocycles. The number of rotatable bonds is 5. The maximum Gasteiger partial charge on any atom is 0.277 e. The van der Waals surface area contributed by atoms with Crippen molar-refractivity contribution in [3.05, 3.63) is 38.9 Å². The second-order valence-electron chi connectivity index (χ2n) is 7.40. The van der Waals surface area contributed by atoms with E-state index in [4.69, 9.17) is 0 Å². The average Bonchev–Trinajstić information content (AvgIpc) is 2.83. The molecule has 0 aromatic carbocycles. The molecule has 2 aromatic rings. The first-order chi connectivity index (χ1) is 11.7. The molecule has 0 atom stereocenters. The van der Waals surface area contributed by atoms with Gasteiger partial charge in [0.1, 0.15) is 11.4 Å². The van der Waals surface area contributed by atoms with Crippen LogP contribution in [0.2, 0.25) is 0 Å². The van der Waals surface area contributed by atoms with Crippen molar-refractivity contribution in [2.24, 2.45) is 12.5 Å². The molecule has 0 spiro atoms. The normalized spacial score (nSPS) is 11.6. The number of aromatic nitrogens is 4. The summed E-state index contributed by atoms with van der Waals surface area (Å²) in [5, 5.41) is 13.7. The van der Waals surface area contributed by atoms with Crippen LogP contribution >= 0.6 is 0 Å². The Kier molecular flexibility index (Phi) is 5.45. The number of nitrogens with one attached hydrogen (secondary N) is 2. The number of carbonyl (C=O) groups is 1. The van der Waals surface area contributed by atoms with Crippen LogP contribution in [-0.4, -0.2) is 25.9 Å². The van der Waals surface area contributed by atoms with Crippen molar-refractivity contribution in [2.75, 3.05) is 5.32 Å². The molecule has 1 amide bonds. The van der Waals surface area contributed by atoms with Crippen molar-refractivity contribution in [2.45, 2.75) is 53.9 Å². The molecule has 136 valence electrons. The van der Waals surface area contributed by atoms with E-state index in [0.717, 1.165) is 17.8 Å². The lowest BCUT2D eigenvalue weighted by Gasteiger charge is -2.15. The average molecular weight is 345 g/mol. The summed E-state index contributed by atoms with van der Waals surface area (Å²) < 4.78 is 1.63. The van der Waals surface area contributed by atoms with Gasteiger partial charge in [-0.15, -0.1) is 0 Å². The Labute approximate surface area is 147 Å². The Hall–Kier alpha value is -2.44. The number of aryl methyl sites for hydroxylation is 2. The first kappa shape index (κ1) is 18.9. The first-order valence-corrected chi connectivity index (χ1v) is 8.61. The van der Waals surface area contributed by atoms with Gasteiger partial charge in [-0.05, 0) is 30.2 Å². The largest absolute Gasteiger partial charge is 0.307 e. The minimum Gasteiger partial charge on any atom is -0.307 e. The van der Waals surface area contributed by atoms with E-state index in [2.05, 4.69) is 41.4 Å². The molecule has 2 heterocycles. The number of carbonyl (C=O) groups excluding carboxylic acids is 1. The van der Waals surface area contributed by atoms with Crippen LogP contribution in [0.15, 0.2) is 10.9 Å². The first-order valence-electron chi connectivity index (χ1n) is 8.61. The molecule has 0 bridgehead atoms. The zero-order chi connectivity index (χ0) is 18.8. The molecule has 0 aliphatic rings. The molecule has 0 radical (unpaired) electrons. The lowest BCUT2D eigenvalue weighted by Crippen LogP contribution is -2.28. The van der Waals surface area contributed by atoms with Gasteiger partial charge in [-0.2, -0.15) is 10.2 Å². The van der Waals surface area contributed by atoms with Crippen LogP contribution in [-0.2, 0) is 26.3 Å². The second-order valence-corrected chi connectivity index (χ2v) is 7.40. The molecule has 2 rings (SSSR count). The highest BCUT2D eigenvalue weighted by atomic mass is 16.2. The summed E-state index contributed by atoms with van der Waals surface area (Å²) in [6.07, 6.45) is 2.03. The molecule has 0 unspecified atom stereocenters. The minimum absolute atomic E-state index is 0.100. The molecule has 0 aliphatic carbocycles. The molecule has 0 saturated carbocycles. The lowest BCUT2D eigenvalue weighted by molar-refractivity contribution is 0.102. The molecular formula is C18H27N5O2. The van der Waals surface area contributed by atoms with Crippen molar-refractivity contribution in [1.82, 2.24) is 20.0 Å². The number of anilines is 1. The molecular weight excluding hydrogens is 318 g/mol. The summed E-state index contributed by atoms with van der Waals surface area (Å²) in [6, 6.07) is 1.85. The predicted molar refractivity (Wildman–Crippen MR) is 97.9 cm³/mol. The van der Waals surface area contributed by atoms with Gasteiger partial charge < -0.3 is 5.32 Å². The van der Waals surface area contributed by atoms with Crippen LogP contribution in [0.4, 0.5) is 5.82 Å². The Morgan fingerprint density at radius 3 is 2.52 bits per heavy atom. The fraction of sp³-hybridized carbons (Fsp3) is 0.556. The Morgan fingerprint density at radius 2 is 1.96 bits per heavy atom. The summed E-state index contributed by atoms with van der Waals surface area (Å²) >= 11 is 0. The third-order valence-electron chi connectivity index (χ3n) is 3.97. The van der Waals surface area contributed by atoms with Crippen molar-refractivity contribution in [3.8, 4) is 0 Å². The summed E-state index contributed by atoms with van der Waals surface area (Å²) in [6.45, 7) is 10.3. The van der Waals surface area contributed by atoms with E-state index >= 15 is 0 Å². The Balaban J connectivity index is 2.34. The van der Waals surface area contributed by atoms with Crippen molar-refractivity contribution in [3.63, 3.8) is 0 Å². The molecule has 7 heteroatoms. The lowest BCUT2D eigenvalue weighted by atomic mass is 9.91. The molecule has 0 fully saturated rings. The SMILES string of the molecule is CCc1n[nH]c(=O)c(C(=O)Nc2cc(CC(C)(C)C)nn2C)c1CC. The maximum absolute atomic E-state index is 12.7. The van der Waals surface area contributed by atoms with Crippen molar-refractivity contribution < 1.29 is 4.79 Å².